The number of benzene rings is 3. The van der Waals surface area contributed by atoms with Crippen LogP contribution in [0.15, 0.2) is 72.8 Å². The Hall–Kier alpha value is -3.39. The summed E-state index contributed by atoms with van der Waals surface area (Å²) in [6, 6.07) is 25.2. The summed E-state index contributed by atoms with van der Waals surface area (Å²) in [6.07, 6.45) is 3.08. The van der Waals surface area contributed by atoms with E-state index in [0.29, 0.717) is 19.1 Å². The van der Waals surface area contributed by atoms with Gasteiger partial charge in [-0.2, -0.15) is 0 Å². The molecule has 0 radical (unpaired) electrons. The van der Waals surface area contributed by atoms with Gasteiger partial charge in [0.2, 0.25) is 0 Å². The van der Waals surface area contributed by atoms with E-state index in [0.717, 1.165) is 87.7 Å². The largest absolute Gasteiger partial charge is 0.490 e. The Balaban J connectivity index is 1.07. The lowest BCUT2D eigenvalue weighted by Gasteiger charge is -2.33. The van der Waals surface area contributed by atoms with E-state index in [1.54, 1.807) is 7.11 Å². The predicted molar refractivity (Wildman–Crippen MR) is 166 cm³/mol. The average Bonchev–Trinajstić information content (AvgIpc) is 3.55. The number of carbonyl (C=O) groups is 1. The van der Waals surface area contributed by atoms with E-state index >= 15 is 0 Å². The van der Waals surface area contributed by atoms with Gasteiger partial charge in [-0.25, -0.2) is 0 Å². The van der Waals surface area contributed by atoms with Crippen molar-refractivity contribution in [2.45, 2.75) is 43.8 Å². The number of hydrogen-bond donors (Lipinski definition) is 1. The molecule has 0 aliphatic carbocycles. The first-order valence-electron chi connectivity index (χ1n) is 15.5. The van der Waals surface area contributed by atoms with Crippen molar-refractivity contribution in [3.05, 3.63) is 95.1 Å². The lowest BCUT2D eigenvalue weighted by atomic mass is 9.87. The first-order chi connectivity index (χ1) is 20.7. The van der Waals surface area contributed by atoms with Crippen molar-refractivity contribution in [2.24, 2.45) is 0 Å². The third-order valence-corrected chi connectivity index (χ3v) is 8.98. The van der Waals surface area contributed by atoms with Crippen molar-refractivity contribution in [2.75, 3.05) is 64.5 Å². The average molecular weight is 570 g/mol. The van der Waals surface area contributed by atoms with E-state index in [1.807, 2.05) is 23.1 Å². The van der Waals surface area contributed by atoms with Crippen LogP contribution in [0.3, 0.4) is 0 Å². The molecule has 0 aromatic heterocycles. The maximum atomic E-state index is 13.3. The fraction of sp³-hybridized carbons (Fsp3) is 0.457. The Morgan fingerprint density at radius 2 is 1.86 bits per heavy atom. The van der Waals surface area contributed by atoms with Crippen LogP contribution in [-0.4, -0.2) is 76.5 Å². The van der Waals surface area contributed by atoms with Crippen LogP contribution in [0.2, 0.25) is 0 Å². The Bertz CT molecular complexity index is 1320. The lowest BCUT2D eigenvalue weighted by Crippen LogP contribution is -2.41. The number of amides is 1. The number of methoxy groups -OCH3 is 1. The number of piperidine rings is 1. The summed E-state index contributed by atoms with van der Waals surface area (Å²) in [5.41, 5.74) is 5.63. The van der Waals surface area contributed by atoms with Crippen LogP contribution in [0.25, 0.3) is 0 Å². The molecule has 1 N–H and O–H groups in total. The van der Waals surface area contributed by atoms with Gasteiger partial charge in [-0.15, -0.1) is 0 Å². The SMILES string of the molecule is COCCCN1CCOc2ccc(COC3CNCCC3c3ccc(C(=O)N4CCC(c5ccccc5)C4)cc3)cc21. The minimum atomic E-state index is 0.0654. The van der Waals surface area contributed by atoms with Gasteiger partial charge in [-0.1, -0.05) is 48.5 Å². The summed E-state index contributed by atoms with van der Waals surface area (Å²) in [5.74, 6) is 1.78. The molecule has 3 aromatic rings. The Labute approximate surface area is 249 Å². The van der Waals surface area contributed by atoms with E-state index in [1.165, 1.54) is 11.1 Å². The van der Waals surface area contributed by atoms with Crippen LogP contribution in [0, 0.1) is 0 Å². The molecule has 3 unspecified atom stereocenters. The van der Waals surface area contributed by atoms with Crippen LogP contribution in [0.4, 0.5) is 5.69 Å². The number of likely N-dealkylation sites (tertiary alicyclic amines) is 1. The predicted octanol–water partition coefficient (Wildman–Crippen LogP) is 5.21. The van der Waals surface area contributed by atoms with Crippen molar-refractivity contribution in [3.8, 4) is 5.75 Å². The number of fused-ring (bicyclic) bond motifs is 1. The molecule has 6 rings (SSSR count). The normalized spacial score (nSPS) is 22.1. The summed E-state index contributed by atoms with van der Waals surface area (Å²) in [6.45, 7) is 7.24. The molecule has 3 atom stereocenters. The number of hydrogen-bond acceptors (Lipinski definition) is 6. The van der Waals surface area contributed by atoms with E-state index < -0.39 is 0 Å². The molecule has 0 spiro atoms. The summed E-state index contributed by atoms with van der Waals surface area (Å²) < 4.78 is 17.7. The van der Waals surface area contributed by atoms with Gasteiger partial charge in [0.05, 0.1) is 24.9 Å². The standard InChI is InChI=1S/C35H43N3O4/c1-40-20-5-17-37-19-21-41-33-13-8-26(22-32(33)37)25-42-34-23-36-16-14-31(34)28-9-11-29(12-10-28)35(39)38-18-15-30(24-38)27-6-3-2-4-7-27/h2-4,6-13,22,30-31,34,36H,5,14-21,23-25H2,1H3. The topological polar surface area (TPSA) is 63.3 Å². The molecule has 2 fully saturated rings. The molecule has 42 heavy (non-hydrogen) atoms. The summed E-state index contributed by atoms with van der Waals surface area (Å²) in [4.78, 5) is 17.7. The van der Waals surface area contributed by atoms with Gasteiger partial charge in [0.25, 0.3) is 5.91 Å². The lowest BCUT2D eigenvalue weighted by molar-refractivity contribution is 0.0106. The number of carbonyl (C=O) groups excluding carboxylic acids is 1. The monoisotopic (exact) mass is 569 g/mol. The van der Waals surface area contributed by atoms with E-state index in [4.69, 9.17) is 14.2 Å². The molecule has 3 aliphatic rings. The molecular weight excluding hydrogens is 526 g/mol. The molecule has 3 heterocycles. The van der Waals surface area contributed by atoms with E-state index in [-0.39, 0.29) is 17.9 Å². The molecule has 1 amide bonds. The maximum Gasteiger partial charge on any atom is 0.253 e. The Morgan fingerprint density at radius 1 is 1.00 bits per heavy atom. The first kappa shape index (κ1) is 28.7. The fourth-order valence-corrected chi connectivity index (χ4v) is 6.63. The third kappa shape index (κ3) is 6.64. The number of nitrogens with one attached hydrogen (secondary N) is 1. The zero-order valence-corrected chi connectivity index (χ0v) is 24.7. The Morgan fingerprint density at radius 3 is 2.69 bits per heavy atom. The molecule has 0 bridgehead atoms. The zero-order chi connectivity index (χ0) is 28.7. The van der Waals surface area contributed by atoms with Crippen LogP contribution in [0.1, 0.15) is 58.1 Å². The van der Waals surface area contributed by atoms with Crippen LogP contribution >= 0.6 is 0 Å². The van der Waals surface area contributed by atoms with Gasteiger partial charge < -0.3 is 29.3 Å². The van der Waals surface area contributed by atoms with Crippen LogP contribution in [0.5, 0.6) is 5.75 Å². The summed E-state index contributed by atoms with van der Waals surface area (Å²) in [7, 11) is 1.75. The fourth-order valence-electron chi connectivity index (χ4n) is 6.63. The minimum absolute atomic E-state index is 0.0654. The summed E-state index contributed by atoms with van der Waals surface area (Å²) in [5, 5.41) is 3.51. The summed E-state index contributed by atoms with van der Waals surface area (Å²) >= 11 is 0. The smallest absolute Gasteiger partial charge is 0.253 e. The Kier molecular flexibility index (Phi) is 9.38. The second-order valence-electron chi connectivity index (χ2n) is 11.7. The number of rotatable bonds is 10. The molecule has 7 nitrogen and oxygen atoms in total. The van der Waals surface area contributed by atoms with Gasteiger partial charge in [-0.3, -0.25) is 4.79 Å². The van der Waals surface area contributed by atoms with Crippen molar-refractivity contribution in [3.63, 3.8) is 0 Å². The molecule has 2 saturated heterocycles. The molecule has 3 aliphatic heterocycles. The third-order valence-electron chi connectivity index (χ3n) is 8.98. The van der Waals surface area contributed by atoms with Crippen LogP contribution in [-0.2, 0) is 16.1 Å². The maximum absolute atomic E-state index is 13.3. The number of anilines is 1. The first-order valence-corrected chi connectivity index (χ1v) is 15.5. The van der Waals surface area contributed by atoms with Gasteiger partial charge in [-0.05, 0) is 66.8 Å². The van der Waals surface area contributed by atoms with Crippen LogP contribution < -0.4 is 15.0 Å². The highest BCUT2D eigenvalue weighted by atomic mass is 16.5. The quantitative estimate of drug-likeness (QED) is 0.338. The van der Waals surface area contributed by atoms with Crippen molar-refractivity contribution in [1.82, 2.24) is 10.2 Å². The second kappa shape index (κ2) is 13.7. The van der Waals surface area contributed by atoms with Gasteiger partial charge in [0.15, 0.2) is 0 Å². The molecule has 0 saturated carbocycles. The molecule has 3 aromatic carbocycles. The van der Waals surface area contributed by atoms with Gasteiger partial charge >= 0.3 is 0 Å². The molecule has 222 valence electrons. The van der Waals surface area contributed by atoms with Crippen molar-refractivity contribution < 1.29 is 19.0 Å². The van der Waals surface area contributed by atoms with Gasteiger partial charge in [0.1, 0.15) is 12.4 Å². The highest BCUT2D eigenvalue weighted by molar-refractivity contribution is 5.94. The number of nitrogens with zero attached hydrogens (tertiary/aromatic N) is 2. The highest BCUT2D eigenvalue weighted by Gasteiger charge is 2.30. The van der Waals surface area contributed by atoms with Crippen molar-refractivity contribution in [1.29, 1.82) is 0 Å². The second-order valence-corrected chi connectivity index (χ2v) is 11.7. The zero-order valence-electron chi connectivity index (χ0n) is 24.7. The van der Waals surface area contributed by atoms with Crippen molar-refractivity contribution >= 4 is 11.6 Å². The molecular formula is C35H43N3O4. The highest BCUT2D eigenvalue weighted by Crippen LogP contribution is 2.34. The molecule has 7 heteroatoms. The number of ether oxygens (including phenoxy) is 3. The minimum Gasteiger partial charge on any atom is -0.490 e. The van der Waals surface area contributed by atoms with Gasteiger partial charge in [0, 0.05) is 57.3 Å². The van der Waals surface area contributed by atoms with E-state index in [2.05, 4.69) is 64.8 Å². The van der Waals surface area contributed by atoms with E-state index in [9.17, 15) is 4.79 Å².